The first-order chi connectivity index (χ1) is 8.45. The van der Waals surface area contributed by atoms with Crippen molar-refractivity contribution < 1.29 is 23.8 Å². The zero-order chi connectivity index (χ0) is 13.7. The fourth-order valence-electron chi connectivity index (χ4n) is 1.39. The summed E-state index contributed by atoms with van der Waals surface area (Å²) in [6, 6.07) is 3.25. The van der Waals surface area contributed by atoms with E-state index in [2.05, 4.69) is 0 Å². The minimum absolute atomic E-state index is 0.0436. The molecular weight excluding hydrogens is 241 g/mol. The molecule has 0 spiro atoms. The van der Waals surface area contributed by atoms with Gasteiger partial charge in [-0.2, -0.15) is 0 Å². The first-order valence-corrected chi connectivity index (χ1v) is 5.44. The van der Waals surface area contributed by atoms with Crippen LogP contribution in [-0.4, -0.2) is 23.1 Å². The summed E-state index contributed by atoms with van der Waals surface area (Å²) in [7, 11) is 0. The van der Waals surface area contributed by atoms with Gasteiger partial charge in [0.15, 0.2) is 6.10 Å². The summed E-state index contributed by atoms with van der Waals surface area (Å²) in [6.07, 6.45) is -0.510. The van der Waals surface area contributed by atoms with Crippen LogP contribution in [0, 0.1) is 5.82 Å². The fourth-order valence-corrected chi connectivity index (χ4v) is 1.39. The highest BCUT2D eigenvalue weighted by Crippen LogP contribution is 2.16. The van der Waals surface area contributed by atoms with Crippen LogP contribution in [0.25, 0.3) is 0 Å². The van der Waals surface area contributed by atoms with Crippen LogP contribution >= 0.6 is 0 Å². The Morgan fingerprint density at radius 3 is 2.72 bits per heavy atom. The molecule has 0 aliphatic carbocycles. The van der Waals surface area contributed by atoms with Crippen LogP contribution in [0.1, 0.15) is 30.1 Å². The lowest BCUT2D eigenvalue weighted by molar-refractivity contribution is -0.147. The Morgan fingerprint density at radius 1 is 1.50 bits per heavy atom. The lowest BCUT2D eigenvalue weighted by atomic mass is 10.1. The largest absolute Gasteiger partial charge is 0.479 e. The normalized spacial score (nSPS) is 11.9. The van der Waals surface area contributed by atoms with Crippen LogP contribution < -0.4 is 5.73 Å². The van der Waals surface area contributed by atoms with Crippen molar-refractivity contribution in [1.82, 2.24) is 0 Å². The van der Waals surface area contributed by atoms with Gasteiger partial charge in [-0.1, -0.05) is 13.3 Å². The molecule has 6 heteroatoms. The average Bonchev–Trinajstić information content (AvgIpc) is 2.31. The van der Waals surface area contributed by atoms with E-state index in [1.54, 1.807) is 6.92 Å². The summed E-state index contributed by atoms with van der Waals surface area (Å²) < 4.78 is 17.8. The minimum Gasteiger partial charge on any atom is -0.479 e. The van der Waals surface area contributed by atoms with Crippen LogP contribution in [0.5, 0.6) is 0 Å². The van der Waals surface area contributed by atoms with Gasteiger partial charge < -0.3 is 15.6 Å². The van der Waals surface area contributed by atoms with Crippen molar-refractivity contribution in [3.63, 3.8) is 0 Å². The number of esters is 1. The van der Waals surface area contributed by atoms with Crippen molar-refractivity contribution in [2.24, 2.45) is 0 Å². The topological polar surface area (TPSA) is 89.6 Å². The highest BCUT2D eigenvalue weighted by molar-refractivity contribution is 5.96. The maximum atomic E-state index is 13.0. The fraction of sp³-hybridized carbons (Fsp3) is 0.333. The quantitative estimate of drug-likeness (QED) is 0.618. The second-order valence-electron chi connectivity index (χ2n) is 3.75. The van der Waals surface area contributed by atoms with Crippen molar-refractivity contribution in [3.8, 4) is 0 Å². The lowest BCUT2D eigenvalue weighted by Gasteiger charge is -2.13. The lowest BCUT2D eigenvalue weighted by Crippen LogP contribution is -2.27. The Kier molecular flexibility index (Phi) is 4.65. The number of carbonyl (C=O) groups is 2. The number of carboxylic acids is 1. The second-order valence-corrected chi connectivity index (χ2v) is 3.75. The molecule has 18 heavy (non-hydrogen) atoms. The first kappa shape index (κ1) is 14.0. The van der Waals surface area contributed by atoms with E-state index in [1.807, 2.05) is 0 Å². The number of nitrogen functional groups attached to an aromatic ring is 1. The zero-order valence-corrected chi connectivity index (χ0v) is 9.85. The third kappa shape index (κ3) is 3.44. The van der Waals surface area contributed by atoms with E-state index in [9.17, 15) is 14.0 Å². The number of ether oxygens (including phenoxy) is 1. The molecule has 1 aromatic carbocycles. The van der Waals surface area contributed by atoms with Gasteiger partial charge in [0.2, 0.25) is 0 Å². The number of aliphatic carboxylic acids is 1. The van der Waals surface area contributed by atoms with Gasteiger partial charge >= 0.3 is 11.9 Å². The molecule has 0 radical (unpaired) electrons. The van der Waals surface area contributed by atoms with Gasteiger partial charge in [0.05, 0.1) is 5.56 Å². The maximum Gasteiger partial charge on any atom is 0.345 e. The van der Waals surface area contributed by atoms with Crippen molar-refractivity contribution in [2.75, 3.05) is 5.73 Å². The molecule has 0 saturated carbocycles. The number of nitrogens with two attached hydrogens (primary N) is 1. The second kappa shape index (κ2) is 6.00. The standard InChI is InChI=1S/C12H14FNO4/c1-2-3-10(11(15)16)18-12(17)8-6-7(13)4-5-9(8)14/h4-6,10H,2-3,14H2,1H3,(H,15,16). The minimum atomic E-state index is -1.25. The van der Waals surface area contributed by atoms with E-state index in [4.69, 9.17) is 15.6 Å². The third-order valence-corrected chi connectivity index (χ3v) is 2.31. The van der Waals surface area contributed by atoms with Gasteiger partial charge in [-0.15, -0.1) is 0 Å². The van der Waals surface area contributed by atoms with Crippen LogP contribution in [0.2, 0.25) is 0 Å². The van der Waals surface area contributed by atoms with Gasteiger partial charge in [0.25, 0.3) is 0 Å². The molecule has 0 aromatic heterocycles. The van der Waals surface area contributed by atoms with E-state index in [-0.39, 0.29) is 17.7 Å². The van der Waals surface area contributed by atoms with Crippen LogP contribution in [0.3, 0.4) is 0 Å². The van der Waals surface area contributed by atoms with Crippen molar-refractivity contribution >= 4 is 17.6 Å². The maximum absolute atomic E-state index is 13.0. The average molecular weight is 255 g/mol. The highest BCUT2D eigenvalue weighted by atomic mass is 19.1. The number of rotatable bonds is 5. The predicted octanol–water partition coefficient (Wildman–Crippen LogP) is 1.82. The van der Waals surface area contributed by atoms with Gasteiger partial charge in [-0.25, -0.2) is 14.0 Å². The van der Waals surface area contributed by atoms with Crippen LogP contribution in [-0.2, 0) is 9.53 Å². The molecule has 0 heterocycles. The monoisotopic (exact) mass is 255 g/mol. The molecule has 5 nitrogen and oxygen atoms in total. The number of halogens is 1. The number of carboxylic acid groups (broad SMARTS) is 1. The molecule has 98 valence electrons. The predicted molar refractivity (Wildman–Crippen MR) is 62.6 cm³/mol. The molecule has 0 amide bonds. The summed E-state index contributed by atoms with van der Waals surface area (Å²) in [6.45, 7) is 1.76. The van der Waals surface area contributed by atoms with E-state index >= 15 is 0 Å². The number of hydrogen-bond donors (Lipinski definition) is 2. The Morgan fingerprint density at radius 2 is 2.17 bits per heavy atom. The van der Waals surface area contributed by atoms with E-state index in [1.165, 1.54) is 6.07 Å². The third-order valence-electron chi connectivity index (χ3n) is 2.31. The van der Waals surface area contributed by atoms with Crippen LogP contribution in [0.4, 0.5) is 10.1 Å². The number of benzene rings is 1. The molecule has 1 atom stereocenters. The van der Waals surface area contributed by atoms with Crippen LogP contribution in [0.15, 0.2) is 18.2 Å². The molecule has 0 saturated heterocycles. The smallest absolute Gasteiger partial charge is 0.345 e. The van der Waals surface area contributed by atoms with Gasteiger partial charge in [0, 0.05) is 5.69 Å². The van der Waals surface area contributed by atoms with Gasteiger partial charge in [-0.3, -0.25) is 0 Å². The molecule has 1 aromatic rings. The van der Waals surface area contributed by atoms with Gasteiger partial charge in [0.1, 0.15) is 5.82 Å². The summed E-state index contributed by atoms with van der Waals surface area (Å²) in [4.78, 5) is 22.5. The first-order valence-electron chi connectivity index (χ1n) is 5.44. The molecule has 0 bridgehead atoms. The summed E-state index contributed by atoms with van der Waals surface area (Å²) >= 11 is 0. The molecular formula is C12H14FNO4. The van der Waals surface area contributed by atoms with E-state index in [0.29, 0.717) is 6.42 Å². The number of hydrogen-bond acceptors (Lipinski definition) is 4. The summed E-state index contributed by atoms with van der Waals surface area (Å²) in [5.41, 5.74) is 5.38. The van der Waals surface area contributed by atoms with Gasteiger partial charge in [-0.05, 0) is 24.6 Å². The molecule has 0 aliphatic heterocycles. The van der Waals surface area contributed by atoms with Crippen molar-refractivity contribution in [3.05, 3.63) is 29.6 Å². The van der Waals surface area contributed by atoms with E-state index in [0.717, 1.165) is 12.1 Å². The van der Waals surface area contributed by atoms with Crippen molar-refractivity contribution in [1.29, 1.82) is 0 Å². The molecule has 3 N–H and O–H groups in total. The zero-order valence-electron chi connectivity index (χ0n) is 9.85. The number of carbonyl (C=O) groups excluding carboxylic acids is 1. The highest BCUT2D eigenvalue weighted by Gasteiger charge is 2.23. The Labute approximate surface area is 103 Å². The Hall–Kier alpha value is -2.11. The molecule has 1 rings (SSSR count). The van der Waals surface area contributed by atoms with Crippen molar-refractivity contribution in [2.45, 2.75) is 25.9 Å². The van der Waals surface area contributed by atoms with E-state index < -0.39 is 23.9 Å². The molecule has 0 fully saturated rings. The Balaban J connectivity index is 2.86. The number of anilines is 1. The summed E-state index contributed by atoms with van der Waals surface area (Å²) in [5, 5.41) is 8.84. The molecule has 1 unspecified atom stereocenters. The summed E-state index contributed by atoms with van der Waals surface area (Å²) in [5.74, 6) is -2.81. The SMILES string of the molecule is CCCC(OC(=O)c1cc(F)ccc1N)C(=O)O. The molecule has 0 aliphatic rings. The Bertz CT molecular complexity index is 461.